The monoisotopic (exact) mass is 260 g/mol. The smallest absolute Gasteiger partial charge is 0.176 e. The Hall–Kier alpha value is -0.610. The maximum Gasteiger partial charge on any atom is 0.176 e. The van der Waals surface area contributed by atoms with Crippen molar-refractivity contribution in [3.63, 3.8) is 0 Å². The molecule has 70 valence electrons. The van der Waals surface area contributed by atoms with E-state index in [9.17, 15) is 8.42 Å². The molecule has 0 N–H and O–H groups in total. The van der Waals surface area contributed by atoms with Crippen LogP contribution in [0, 0.1) is 0 Å². The van der Waals surface area contributed by atoms with Crippen LogP contribution >= 0.6 is 15.9 Å². The van der Waals surface area contributed by atoms with Crippen LogP contribution in [0.15, 0.2) is 34.1 Å². The molecule has 1 aromatic carbocycles. The first-order chi connectivity index (χ1) is 5.95. The third kappa shape index (κ3) is 2.42. The average molecular weight is 261 g/mol. The molecule has 0 aromatic heterocycles. The Labute approximate surface area is 86.3 Å². The molecule has 4 heteroatoms. The van der Waals surface area contributed by atoms with Crippen LogP contribution in [-0.4, -0.2) is 14.7 Å². The van der Waals surface area contributed by atoms with Gasteiger partial charge in [0.05, 0.1) is 4.90 Å². The summed E-state index contributed by atoms with van der Waals surface area (Å²) in [6.07, 6.45) is 2.71. The van der Waals surface area contributed by atoms with Crippen molar-refractivity contribution in [3.05, 3.63) is 34.8 Å². The molecule has 1 rings (SSSR count). The van der Waals surface area contributed by atoms with Gasteiger partial charge in [-0.25, -0.2) is 8.42 Å². The lowest BCUT2D eigenvalue weighted by atomic mass is 10.2. The molecule has 0 spiro atoms. The second-order valence-electron chi connectivity index (χ2n) is 2.66. The van der Waals surface area contributed by atoms with Gasteiger partial charge in [0.25, 0.3) is 0 Å². The lowest BCUT2D eigenvalue weighted by molar-refractivity contribution is 0.601. The summed E-state index contributed by atoms with van der Waals surface area (Å²) in [5.74, 6) is 0. The molecule has 0 saturated heterocycles. The maximum atomic E-state index is 11.3. The van der Waals surface area contributed by atoms with E-state index in [2.05, 4.69) is 22.5 Å². The van der Waals surface area contributed by atoms with Crippen LogP contribution in [0.25, 0.3) is 6.08 Å². The SMILES string of the molecule is C=Cc1ccc(Br)cc1S(C)(=O)=O. The molecular weight excluding hydrogens is 252 g/mol. The van der Waals surface area contributed by atoms with E-state index < -0.39 is 9.84 Å². The van der Waals surface area contributed by atoms with Gasteiger partial charge >= 0.3 is 0 Å². The van der Waals surface area contributed by atoms with Crippen LogP contribution in [0.2, 0.25) is 0 Å². The summed E-state index contributed by atoms with van der Waals surface area (Å²) in [6.45, 7) is 3.56. The minimum Gasteiger partial charge on any atom is -0.224 e. The summed E-state index contributed by atoms with van der Waals surface area (Å²) < 4.78 is 23.3. The van der Waals surface area contributed by atoms with Gasteiger partial charge in [-0.15, -0.1) is 0 Å². The van der Waals surface area contributed by atoms with Gasteiger partial charge in [-0.3, -0.25) is 0 Å². The molecule has 0 radical (unpaired) electrons. The minimum absolute atomic E-state index is 0.303. The van der Waals surface area contributed by atoms with E-state index >= 15 is 0 Å². The van der Waals surface area contributed by atoms with Crippen molar-refractivity contribution in [3.8, 4) is 0 Å². The van der Waals surface area contributed by atoms with E-state index in [0.717, 1.165) is 4.47 Å². The summed E-state index contributed by atoms with van der Waals surface area (Å²) in [6, 6.07) is 5.07. The number of rotatable bonds is 2. The quantitative estimate of drug-likeness (QED) is 0.819. The predicted octanol–water partition coefficient (Wildman–Crippen LogP) is 2.50. The summed E-state index contributed by atoms with van der Waals surface area (Å²) in [4.78, 5) is 0.303. The molecule has 0 atom stereocenters. The summed E-state index contributed by atoms with van der Waals surface area (Å²) >= 11 is 3.22. The first-order valence-corrected chi connectivity index (χ1v) is 6.25. The first kappa shape index (κ1) is 10.5. The van der Waals surface area contributed by atoms with E-state index in [1.807, 2.05) is 0 Å². The Kier molecular flexibility index (Phi) is 2.93. The van der Waals surface area contributed by atoms with Gasteiger partial charge in [-0.1, -0.05) is 34.7 Å². The van der Waals surface area contributed by atoms with Crippen LogP contribution in [0.4, 0.5) is 0 Å². The van der Waals surface area contributed by atoms with E-state index in [0.29, 0.717) is 10.5 Å². The zero-order chi connectivity index (χ0) is 10.1. The Morgan fingerprint density at radius 3 is 2.54 bits per heavy atom. The van der Waals surface area contributed by atoms with Gasteiger partial charge in [-0.2, -0.15) is 0 Å². The zero-order valence-corrected chi connectivity index (χ0v) is 9.52. The maximum absolute atomic E-state index is 11.3. The highest BCUT2D eigenvalue weighted by molar-refractivity contribution is 9.10. The van der Waals surface area contributed by atoms with Gasteiger partial charge < -0.3 is 0 Å². The van der Waals surface area contributed by atoms with Gasteiger partial charge in [0.1, 0.15) is 0 Å². The highest BCUT2D eigenvalue weighted by Gasteiger charge is 2.11. The second kappa shape index (κ2) is 3.64. The average Bonchev–Trinajstić information content (AvgIpc) is 2.03. The Bertz CT molecular complexity index is 435. The molecule has 0 aliphatic rings. The van der Waals surface area contributed by atoms with Crippen molar-refractivity contribution in [2.75, 3.05) is 6.26 Å². The third-order valence-corrected chi connectivity index (χ3v) is 3.24. The fourth-order valence-electron chi connectivity index (χ4n) is 0.998. The molecule has 2 nitrogen and oxygen atoms in total. The lowest BCUT2D eigenvalue weighted by Crippen LogP contribution is -1.99. The fraction of sp³-hybridized carbons (Fsp3) is 0.111. The molecule has 0 saturated carbocycles. The molecule has 0 fully saturated rings. The number of sulfone groups is 1. The zero-order valence-electron chi connectivity index (χ0n) is 7.12. The molecule has 0 unspecified atom stereocenters. The van der Waals surface area contributed by atoms with Gasteiger partial charge in [0.2, 0.25) is 0 Å². The highest BCUT2D eigenvalue weighted by Crippen LogP contribution is 2.21. The highest BCUT2D eigenvalue weighted by atomic mass is 79.9. The van der Waals surface area contributed by atoms with Gasteiger partial charge in [0.15, 0.2) is 9.84 Å². The van der Waals surface area contributed by atoms with Crippen molar-refractivity contribution in [2.24, 2.45) is 0 Å². The van der Waals surface area contributed by atoms with E-state index in [-0.39, 0.29) is 0 Å². The lowest BCUT2D eigenvalue weighted by Gasteiger charge is -2.03. The van der Waals surface area contributed by atoms with Crippen molar-refractivity contribution in [1.29, 1.82) is 0 Å². The Morgan fingerprint density at radius 2 is 2.08 bits per heavy atom. The van der Waals surface area contributed by atoms with Crippen LogP contribution in [-0.2, 0) is 9.84 Å². The normalized spacial score (nSPS) is 11.2. The fourth-order valence-corrected chi connectivity index (χ4v) is 2.43. The topological polar surface area (TPSA) is 34.1 Å². The summed E-state index contributed by atoms with van der Waals surface area (Å²) in [7, 11) is -3.17. The van der Waals surface area contributed by atoms with E-state index in [1.54, 1.807) is 18.2 Å². The van der Waals surface area contributed by atoms with Crippen molar-refractivity contribution in [1.82, 2.24) is 0 Å². The summed E-state index contributed by atoms with van der Waals surface area (Å²) in [5.41, 5.74) is 0.630. The second-order valence-corrected chi connectivity index (χ2v) is 5.56. The summed E-state index contributed by atoms with van der Waals surface area (Å²) in [5, 5.41) is 0. The molecule has 1 aromatic rings. The van der Waals surface area contributed by atoms with E-state index in [4.69, 9.17) is 0 Å². The predicted molar refractivity (Wildman–Crippen MR) is 57.3 cm³/mol. The largest absolute Gasteiger partial charge is 0.224 e. The molecule has 13 heavy (non-hydrogen) atoms. The minimum atomic E-state index is -3.17. The number of hydrogen-bond donors (Lipinski definition) is 0. The molecule has 0 aliphatic heterocycles. The van der Waals surface area contributed by atoms with Crippen molar-refractivity contribution in [2.45, 2.75) is 4.90 Å². The molecular formula is C9H9BrO2S. The Morgan fingerprint density at radius 1 is 1.46 bits per heavy atom. The number of benzene rings is 1. The third-order valence-electron chi connectivity index (χ3n) is 1.59. The van der Waals surface area contributed by atoms with Crippen molar-refractivity contribution < 1.29 is 8.42 Å². The number of halogens is 1. The van der Waals surface area contributed by atoms with Gasteiger partial charge in [-0.05, 0) is 17.7 Å². The van der Waals surface area contributed by atoms with Crippen molar-refractivity contribution >= 4 is 31.8 Å². The van der Waals surface area contributed by atoms with Gasteiger partial charge in [0, 0.05) is 10.7 Å². The molecule has 0 bridgehead atoms. The van der Waals surface area contributed by atoms with E-state index in [1.165, 1.54) is 12.3 Å². The van der Waals surface area contributed by atoms with Crippen LogP contribution < -0.4 is 0 Å². The Balaban J connectivity index is 3.50. The molecule has 0 heterocycles. The van der Waals surface area contributed by atoms with Crippen LogP contribution in [0.5, 0.6) is 0 Å². The van der Waals surface area contributed by atoms with Crippen LogP contribution in [0.3, 0.4) is 0 Å². The standard InChI is InChI=1S/C9H9BrO2S/c1-3-7-4-5-8(10)6-9(7)13(2,11)12/h3-6H,1H2,2H3. The van der Waals surface area contributed by atoms with Crippen LogP contribution in [0.1, 0.15) is 5.56 Å². The first-order valence-electron chi connectivity index (χ1n) is 3.57. The molecule has 0 amide bonds. The molecule has 0 aliphatic carbocycles. The number of hydrogen-bond acceptors (Lipinski definition) is 2.